The molecule has 0 aliphatic rings. The molecule has 2 aromatic rings. The summed E-state index contributed by atoms with van der Waals surface area (Å²) in [5, 5.41) is 0. The molecule has 0 fully saturated rings. The Bertz CT molecular complexity index is 753. The average Bonchev–Trinajstić information content (AvgIpc) is 2.54. The summed E-state index contributed by atoms with van der Waals surface area (Å²) >= 11 is 0. The minimum absolute atomic E-state index is 0.588. The van der Waals surface area contributed by atoms with Crippen LogP contribution in [0, 0.1) is 36.0 Å². The van der Waals surface area contributed by atoms with Gasteiger partial charge < -0.3 is 4.74 Å². The number of rotatable bonds is 3. The highest BCUT2D eigenvalue weighted by atomic mass is 19.2. The molecule has 120 valence electrons. The number of carbonyl (C=O) groups excluding carboxylic acids is 1. The maximum atomic E-state index is 13.3. The van der Waals surface area contributed by atoms with Crippen molar-refractivity contribution < 1.29 is 31.5 Å². The molecule has 23 heavy (non-hydrogen) atoms. The summed E-state index contributed by atoms with van der Waals surface area (Å²) < 4.78 is 69.7. The Kier molecular flexibility index (Phi) is 4.78. The Labute approximate surface area is 127 Å². The van der Waals surface area contributed by atoms with Gasteiger partial charge in [0.1, 0.15) is 0 Å². The van der Waals surface area contributed by atoms with Crippen molar-refractivity contribution in [3.05, 3.63) is 70.6 Å². The first kappa shape index (κ1) is 16.7. The fraction of sp³-hybridized carbons (Fsp3) is 0.0625. The Balaban J connectivity index is 2.22. The fourth-order valence-corrected chi connectivity index (χ4v) is 1.65. The van der Waals surface area contributed by atoms with Crippen LogP contribution in [0.5, 0.6) is 5.75 Å². The van der Waals surface area contributed by atoms with Crippen molar-refractivity contribution in [3.8, 4) is 5.75 Å². The average molecular weight is 328 g/mol. The predicted octanol–water partition coefficient (Wildman–Crippen LogP) is 4.31. The minimum atomic E-state index is -2.32. The van der Waals surface area contributed by atoms with Crippen LogP contribution in [0.4, 0.5) is 22.0 Å². The molecule has 0 saturated heterocycles. The molecule has 0 saturated carbocycles. The smallest absolute Gasteiger partial charge is 0.336 e. The summed E-state index contributed by atoms with van der Waals surface area (Å²) in [4.78, 5) is 11.5. The van der Waals surface area contributed by atoms with Crippen molar-refractivity contribution in [1.82, 2.24) is 0 Å². The lowest BCUT2D eigenvalue weighted by Gasteiger charge is -2.07. The lowest BCUT2D eigenvalue weighted by Crippen LogP contribution is -2.11. The highest BCUT2D eigenvalue weighted by molar-refractivity contribution is 5.88. The summed E-state index contributed by atoms with van der Waals surface area (Å²) in [6, 6.07) is 6.85. The van der Waals surface area contributed by atoms with Crippen LogP contribution in [0.25, 0.3) is 6.08 Å². The predicted molar refractivity (Wildman–Crippen MR) is 72.1 cm³/mol. The van der Waals surface area contributed by atoms with Crippen LogP contribution in [-0.2, 0) is 4.79 Å². The van der Waals surface area contributed by atoms with Crippen LogP contribution in [0.1, 0.15) is 11.1 Å². The molecule has 2 aromatic carbocycles. The number of halogens is 5. The van der Waals surface area contributed by atoms with E-state index >= 15 is 0 Å². The highest BCUT2D eigenvalue weighted by Gasteiger charge is 2.28. The van der Waals surface area contributed by atoms with Crippen LogP contribution >= 0.6 is 0 Å². The van der Waals surface area contributed by atoms with Crippen molar-refractivity contribution in [3.63, 3.8) is 0 Å². The van der Waals surface area contributed by atoms with Crippen LogP contribution in [-0.4, -0.2) is 5.97 Å². The summed E-state index contributed by atoms with van der Waals surface area (Å²) in [6.07, 6.45) is 2.08. The monoisotopic (exact) mass is 328 g/mol. The second kappa shape index (κ2) is 6.60. The van der Waals surface area contributed by atoms with Gasteiger partial charge >= 0.3 is 5.97 Å². The summed E-state index contributed by atoms with van der Waals surface area (Å²) in [6.45, 7) is 1.85. The van der Waals surface area contributed by atoms with Gasteiger partial charge in [-0.2, -0.15) is 8.78 Å². The number of hydrogen-bond donors (Lipinski definition) is 0. The molecule has 0 atom stereocenters. The third-order valence-corrected chi connectivity index (χ3v) is 2.86. The van der Waals surface area contributed by atoms with Gasteiger partial charge in [0.05, 0.1) is 0 Å². The second-order valence-corrected chi connectivity index (χ2v) is 4.56. The van der Waals surface area contributed by atoms with Gasteiger partial charge in [-0.1, -0.05) is 29.8 Å². The molecule has 0 spiro atoms. The molecule has 0 aliphatic heterocycles. The topological polar surface area (TPSA) is 26.3 Å². The van der Waals surface area contributed by atoms with Crippen molar-refractivity contribution in [2.45, 2.75) is 6.92 Å². The molecular formula is C16H9F5O2. The van der Waals surface area contributed by atoms with E-state index in [1.54, 1.807) is 24.3 Å². The number of esters is 1. The van der Waals surface area contributed by atoms with Gasteiger partial charge in [0.15, 0.2) is 0 Å². The first-order valence-corrected chi connectivity index (χ1v) is 6.29. The van der Waals surface area contributed by atoms with Crippen molar-refractivity contribution in [1.29, 1.82) is 0 Å². The number of benzene rings is 2. The summed E-state index contributed by atoms with van der Waals surface area (Å²) in [5.74, 6) is -14.0. The third kappa shape index (κ3) is 3.56. The van der Waals surface area contributed by atoms with Crippen LogP contribution in [0.2, 0.25) is 0 Å². The zero-order chi connectivity index (χ0) is 17.1. The summed E-state index contributed by atoms with van der Waals surface area (Å²) in [5.41, 5.74) is 1.57. The molecule has 0 aromatic heterocycles. The van der Waals surface area contributed by atoms with Gasteiger partial charge in [-0.15, -0.1) is 0 Å². The van der Waals surface area contributed by atoms with Crippen LogP contribution in [0.3, 0.4) is 0 Å². The van der Waals surface area contributed by atoms with Crippen molar-refractivity contribution in [2.24, 2.45) is 0 Å². The van der Waals surface area contributed by atoms with E-state index in [1.165, 1.54) is 6.08 Å². The fourth-order valence-electron chi connectivity index (χ4n) is 1.65. The molecule has 7 heteroatoms. The first-order valence-electron chi connectivity index (χ1n) is 6.29. The largest absolute Gasteiger partial charge is 0.417 e. The van der Waals surface area contributed by atoms with Crippen LogP contribution in [0.15, 0.2) is 30.3 Å². The molecule has 0 N–H and O–H groups in total. The van der Waals surface area contributed by atoms with Gasteiger partial charge in [-0.3, -0.25) is 0 Å². The van der Waals surface area contributed by atoms with E-state index < -0.39 is 40.8 Å². The molecule has 0 unspecified atom stereocenters. The van der Waals surface area contributed by atoms with Gasteiger partial charge in [0, 0.05) is 6.08 Å². The van der Waals surface area contributed by atoms with Crippen molar-refractivity contribution in [2.75, 3.05) is 0 Å². The molecule has 0 amide bonds. The van der Waals surface area contributed by atoms with Crippen molar-refractivity contribution >= 4 is 12.0 Å². The maximum Gasteiger partial charge on any atom is 0.336 e. The van der Waals surface area contributed by atoms with E-state index in [0.717, 1.165) is 11.6 Å². The molecule has 2 nitrogen and oxygen atoms in total. The number of aryl methyl sites for hydroxylation is 1. The molecule has 0 bridgehead atoms. The zero-order valence-corrected chi connectivity index (χ0v) is 11.7. The molecule has 0 aliphatic carbocycles. The van der Waals surface area contributed by atoms with Gasteiger partial charge in [-0.25, -0.2) is 18.0 Å². The number of carbonyl (C=O) groups is 1. The third-order valence-electron chi connectivity index (χ3n) is 2.86. The number of hydrogen-bond acceptors (Lipinski definition) is 2. The Morgan fingerprint density at radius 2 is 1.35 bits per heavy atom. The van der Waals surface area contributed by atoms with Gasteiger partial charge in [0.25, 0.3) is 0 Å². The van der Waals surface area contributed by atoms with Gasteiger partial charge in [0.2, 0.25) is 34.8 Å². The van der Waals surface area contributed by atoms with E-state index in [1.807, 2.05) is 6.92 Å². The normalized spacial score (nSPS) is 11.0. The lowest BCUT2D eigenvalue weighted by atomic mass is 10.1. The summed E-state index contributed by atoms with van der Waals surface area (Å²) in [7, 11) is 0. The SMILES string of the molecule is Cc1ccc(/C=C/C(=O)Oc2c(F)c(F)c(F)c(F)c2F)cc1. The molecule has 0 heterocycles. The Morgan fingerprint density at radius 3 is 1.87 bits per heavy atom. The zero-order valence-electron chi connectivity index (χ0n) is 11.7. The van der Waals surface area contributed by atoms with Gasteiger partial charge in [-0.05, 0) is 18.6 Å². The lowest BCUT2D eigenvalue weighted by molar-refractivity contribution is -0.129. The quantitative estimate of drug-likeness (QED) is 0.210. The first-order chi connectivity index (χ1) is 10.8. The van der Waals surface area contributed by atoms with E-state index in [-0.39, 0.29) is 0 Å². The highest BCUT2D eigenvalue weighted by Crippen LogP contribution is 2.29. The van der Waals surface area contributed by atoms with E-state index in [0.29, 0.717) is 5.56 Å². The molecular weight excluding hydrogens is 319 g/mol. The molecule has 2 rings (SSSR count). The maximum absolute atomic E-state index is 13.3. The Morgan fingerprint density at radius 1 is 0.870 bits per heavy atom. The van der Waals surface area contributed by atoms with E-state index in [9.17, 15) is 26.7 Å². The molecule has 0 radical (unpaired) electrons. The van der Waals surface area contributed by atoms with E-state index in [2.05, 4.69) is 4.74 Å². The standard InChI is InChI=1S/C16H9F5O2/c1-8-2-4-9(5-3-8)6-7-10(22)23-16-14(20)12(18)11(17)13(19)15(16)21/h2-7H,1H3/b7-6+. The Hall–Kier alpha value is -2.70. The van der Waals surface area contributed by atoms with E-state index in [4.69, 9.17) is 0 Å². The minimum Gasteiger partial charge on any atom is -0.417 e. The van der Waals surface area contributed by atoms with Crippen LogP contribution < -0.4 is 4.74 Å². The number of ether oxygens (including phenoxy) is 1. The second-order valence-electron chi connectivity index (χ2n) is 4.56.